The highest BCUT2D eigenvalue weighted by Gasteiger charge is 2.39. The molecule has 1 unspecified atom stereocenters. The van der Waals surface area contributed by atoms with Crippen molar-refractivity contribution in [1.29, 1.82) is 0 Å². The van der Waals surface area contributed by atoms with E-state index in [1.807, 2.05) is 34.9 Å². The zero-order valence-corrected chi connectivity index (χ0v) is 24.1. The first-order valence-electron chi connectivity index (χ1n) is 14.5. The van der Waals surface area contributed by atoms with Gasteiger partial charge in [0.2, 0.25) is 5.43 Å². The average molecular weight is 552 g/mol. The van der Waals surface area contributed by atoms with E-state index in [1.165, 1.54) is 0 Å². The Morgan fingerprint density at radius 2 is 1.73 bits per heavy atom. The van der Waals surface area contributed by atoms with Gasteiger partial charge in [-0.05, 0) is 82.0 Å². The van der Waals surface area contributed by atoms with Crippen molar-refractivity contribution in [3.63, 3.8) is 0 Å². The van der Waals surface area contributed by atoms with Gasteiger partial charge in [-0.3, -0.25) is 9.59 Å². The predicted molar refractivity (Wildman–Crippen MR) is 164 cm³/mol. The smallest absolute Gasteiger partial charge is 0.257 e. The highest BCUT2D eigenvalue weighted by atomic mass is 16.5. The summed E-state index contributed by atoms with van der Waals surface area (Å²) in [7, 11) is 0. The number of nitrogens with one attached hydrogen (secondary N) is 2. The molecule has 0 radical (unpaired) electrons. The fraction of sp³-hybridized carbons (Fsp3) is 0.394. The highest BCUT2D eigenvalue weighted by Crippen LogP contribution is 2.46. The first-order valence-corrected chi connectivity index (χ1v) is 14.5. The molecule has 4 N–H and O–H groups in total. The molecule has 4 aromatic rings. The summed E-state index contributed by atoms with van der Waals surface area (Å²) < 4.78 is 8.58. The summed E-state index contributed by atoms with van der Waals surface area (Å²) in [5.41, 5.74) is 8.21. The van der Waals surface area contributed by atoms with Gasteiger partial charge in [-0.1, -0.05) is 24.3 Å². The Labute approximate surface area is 239 Å². The van der Waals surface area contributed by atoms with Gasteiger partial charge in [0.15, 0.2) is 11.5 Å². The van der Waals surface area contributed by atoms with Crippen LogP contribution in [0.15, 0.2) is 59.5 Å². The van der Waals surface area contributed by atoms with Crippen LogP contribution in [0.4, 0.5) is 5.69 Å². The minimum atomic E-state index is -0.343. The lowest BCUT2D eigenvalue weighted by Gasteiger charge is -2.46. The Morgan fingerprint density at radius 1 is 1.02 bits per heavy atom. The molecule has 8 nitrogen and oxygen atoms in total. The minimum absolute atomic E-state index is 0.0536. The molecular formula is C33H37N5O3. The topological polar surface area (TPSA) is 102 Å². The van der Waals surface area contributed by atoms with Crippen LogP contribution >= 0.6 is 0 Å². The van der Waals surface area contributed by atoms with E-state index >= 15 is 0 Å². The Morgan fingerprint density at radius 3 is 2.41 bits per heavy atom. The van der Waals surface area contributed by atoms with Crippen LogP contribution in [0.1, 0.15) is 57.3 Å². The molecule has 1 aromatic heterocycles. The van der Waals surface area contributed by atoms with Crippen molar-refractivity contribution in [2.24, 2.45) is 5.73 Å². The monoisotopic (exact) mass is 551 g/mol. The molecule has 212 valence electrons. The number of anilines is 1. The summed E-state index contributed by atoms with van der Waals surface area (Å²) in [4.78, 5) is 30.0. The van der Waals surface area contributed by atoms with E-state index < -0.39 is 0 Å². The molecule has 8 heteroatoms. The number of hydrogen-bond acceptors (Lipinski definition) is 6. The summed E-state index contributed by atoms with van der Waals surface area (Å²) >= 11 is 0. The van der Waals surface area contributed by atoms with Crippen LogP contribution < -0.4 is 31.4 Å². The number of rotatable bonds is 3. The molecule has 1 atom stereocenters. The largest absolute Gasteiger partial charge is 0.451 e. The maximum atomic E-state index is 13.9. The van der Waals surface area contributed by atoms with Crippen LogP contribution in [-0.4, -0.2) is 46.7 Å². The van der Waals surface area contributed by atoms with Gasteiger partial charge in [-0.25, -0.2) is 0 Å². The second-order valence-corrected chi connectivity index (χ2v) is 13.3. The van der Waals surface area contributed by atoms with Gasteiger partial charge < -0.3 is 30.6 Å². The molecule has 1 amide bonds. The Hall–Kier alpha value is -3.88. The van der Waals surface area contributed by atoms with E-state index in [0.29, 0.717) is 22.4 Å². The lowest BCUT2D eigenvalue weighted by molar-refractivity contribution is 0.0871. The quantitative estimate of drug-likeness (QED) is 0.297. The van der Waals surface area contributed by atoms with Crippen LogP contribution in [-0.2, 0) is 0 Å². The van der Waals surface area contributed by atoms with Gasteiger partial charge in [-0.15, -0.1) is 0 Å². The number of nitrogens with zero attached hydrogens (tertiary/aromatic N) is 2. The number of aromatic nitrogens is 1. The first-order chi connectivity index (χ1) is 19.5. The number of benzene rings is 3. The van der Waals surface area contributed by atoms with Gasteiger partial charge in [0.25, 0.3) is 5.91 Å². The van der Waals surface area contributed by atoms with E-state index in [-0.39, 0.29) is 40.1 Å². The van der Waals surface area contributed by atoms with Crippen LogP contribution in [0.25, 0.3) is 27.4 Å². The van der Waals surface area contributed by atoms with Crippen molar-refractivity contribution in [1.82, 2.24) is 15.2 Å². The molecular weight excluding hydrogens is 514 g/mol. The number of pyridine rings is 1. The molecule has 3 aromatic carbocycles. The third-order valence-corrected chi connectivity index (χ3v) is 8.73. The van der Waals surface area contributed by atoms with Crippen molar-refractivity contribution < 1.29 is 9.53 Å². The standard InChI is InChI=1S/C33H37N5O3/c1-32(2)15-22(16-33(3,4)36-32)35-31(40)24-18-38-26-13-19-7-5-6-8-20(19)14-27(26)41-30-25(37-12-11-21(34)17-37)10-9-23(28(30)38)29(24)39/h5-10,13-14,18,21-22,36H,11-12,15-17,34H2,1-4H3,(H,35,40). The molecule has 0 bridgehead atoms. The summed E-state index contributed by atoms with van der Waals surface area (Å²) in [6.07, 6.45) is 4.15. The number of piperidine rings is 1. The van der Waals surface area contributed by atoms with E-state index in [0.717, 1.165) is 54.5 Å². The molecule has 2 saturated heterocycles. The van der Waals surface area contributed by atoms with E-state index in [2.05, 4.69) is 61.4 Å². The molecule has 7 rings (SSSR count). The fourth-order valence-corrected chi connectivity index (χ4v) is 7.36. The third-order valence-electron chi connectivity index (χ3n) is 8.73. The van der Waals surface area contributed by atoms with Crippen LogP contribution in [0, 0.1) is 0 Å². The van der Waals surface area contributed by atoms with Crippen molar-refractivity contribution in [3.8, 4) is 17.2 Å². The van der Waals surface area contributed by atoms with E-state index in [9.17, 15) is 9.59 Å². The molecule has 41 heavy (non-hydrogen) atoms. The predicted octanol–water partition coefficient (Wildman–Crippen LogP) is 4.83. The summed E-state index contributed by atoms with van der Waals surface area (Å²) in [5, 5.41) is 9.43. The lowest BCUT2D eigenvalue weighted by Crippen LogP contribution is -2.62. The third kappa shape index (κ3) is 4.46. The first kappa shape index (κ1) is 26.0. The molecule has 3 aliphatic rings. The van der Waals surface area contributed by atoms with Crippen LogP contribution in [0.5, 0.6) is 11.5 Å². The fourth-order valence-electron chi connectivity index (χ4n) is 7.36. The van der Waals surface area contributed by atoms with Crippen molar-refractivity contribution in [3.05, 3.63) is 70.5 Å². The maximum absolute atomic E-state index is 13.9. The van der Waals surface area contributed by atoms with Gasteiger partial charge in [0, 0.05) is 42.4 Å². The number of carbonyl (C=O) groups is 1. The van der Waals surface area contributed by atoms with E-state index in [4.69, 9.17) is 10.5 Å². The van der Waals surface area contributed by atoms with Gasteiger partial charge in [0.05, 0.1) is 16.8 Å². The normalized spacial score (nSPS) is 21.1. The molecule has 0 spiro atoms. The van der Waals surface area contributed by atoms with Gasteiger partial charge in [-0.2, -0.15) is 0 Å². The maximum Gasteiger partial charge on any atom is 0.257 e. The number of carbonyl (C=O) groups excluding carboxylic acids is 1. The second kappa shape index (κ2) is 9.06. The molecule has 0 aliphatic carbocycles. The minimum Gasteiger partial charge on any atom is -0.451 e. The van der Waals surface area contributed by atoms with Crippen molar-refractivity contribution in [2.75, 3.05) is 18.0 Å². The number of fused-ring (bicyclic) bond motifs is 3. The molecule has 4 heterocycles. The number of hydrogen-bond donors (Lipinski definition) is 3. The Kier molecular flexibility index (Phi) is 5.76. The van der Waals surface area contributed by atoms with Gasteiger partial charge in [0.1, 0.15) is 11.1 Å². The van der Waals surface area contributed by atoms with Crippen molar-refractivity contribution in [2.45, 2.75) is 70.1 Å². The Bertz CT molecular complexity index is 1770. The zero-order chi connectivity index (χ0) is 28.7. The second-order valence-electron chi connectivity index (χ2n) is 13.3. The Balaban J connectivity index is 1.39. The summed E-state index contributed by atoms with van der Waals surface area (Å²) in [6.45, 7) is 10.1. The van der Waals surface area contributed by atoms with E-state index in [1.54, 1.807) is 6.20 Å². The zero-order valence-electron chi connectivity index (χ0n) is 24.1. The summed E-state index contributed by atoms with van der Waals surface area (Å²) in [6, 6.07) is 16.0. The SMILES string of the molecule is CC1(C)CC(NC(=O)c2cn3c4c(c(N5CCC(N)C5)ccc4c2=O)Oc2cc4ccccc4cc2-3)CC(C)(C)N1. The molecule has 3 aliphatic heterocycles. The number of amides is 1. The number of nitrogens with two attached hydrogens (primary N) is 1. The molecule has 0 saturated carbocycles. The van der Waals surface area contributed by atoms with Crippen LogP contribution in [0.3, 0.4) is 0 Å². The average Bonchev–Trinajstić information content (AvgIpc) is 3.33. The highest BCUT2D eigenvalue weighted by molar-refractivity contribution is 6.02. The summed E-state index contributed by atoms with van der Waals surface area (Å²) in [5.74, 6) is 0.972. The lowest BCUT2D eigenvalue weighted by atomic mass is 9.79. The van der Waals surface area contributed by atoms with Crippen molar-refractivity contribution >= 4 is 33.3 Å². The molecule has 2 fully saturated rings. The number of ether oxygens (including phenoxy) is 1. The van der Waals surface area contributed by atoms with Crippen LogP contribution in [0.2, 0.25) is 0 Å². The van der Waals surface area contributed by atoms with Gasteiger partial charge >= 0.3 is 0 Å².